The molecule has 0 fully saturated rings. The summed E-state index contributed by atoms with van der Waals surface area (Å²) in [7, 11) is 0. The minimum atomic E-state index is -0.596. The molecule has 0 saturated carbocycles. The number of fused-ring (bicyclic) bond motifs is 12. The summed E-state index contributed by atoms with van der Waals surface area (Å²) in [5, 5.41) is 2.17. The smallest absolute Gasteiger partial charge is 0.142 e. The van der Waals surface area contributed by atoms with Crippen molar-refractivity contribution in [3.8, 4) is 44.9 Å². The van der Waals surface area contributed by atoms with E-state index in [2.05, 4.69) is 277 Å². The van der Waals surface area contributed by atoms with E-state index in [0.717, 1.165) is 101 Å². The number of hydrogen-bond acceptors (Lipinski definition) is 4. The molecule has 1 aliphatic carbocycles. The lowest BCUT2D eigenvalue weighted by Gasteiger charge is -2.41. The Morgan fingerprint density at radius 2 is 0.845 bits per heavy atom. The summed E-state index contributed by atoms with van der Waals surface area (Å²) in [4.78, 5) is 4.65. The van der Waals surface area contributed by atoms with Crippen LogP contribution in [0.5, 0.6) is 11.5 Å². The molecule has 0 unspecified atom stereocenters. The van der Waals surface area contributed by atoms with Gasteiger partial charge in [0.15, 0.2) is 0 Å². The van der Waals surface area contributed by atoms with Crippen molar-refractivity contribution >= 4 is 56.1 Å². The number of hydrogen-bond donors (Lipinski definition) is 0. The highest BCUT2D eigenvalue weighted by Crippen LogP contribution is 2.64. The lowest BCUT2D eigenvalue weighted by Crippen LogP contribution is -2.32. The first-order chi connectivity index (χ1) is 35.2. The van der Waals surface area contributed by atoms with Crippen LogP contribution in [0.4, 0.5) is 34.1 Å². The van der Waals surface area contributed by atoms with Crippen LogP contribution in [0.1, 0.15) is 22.3 Å². The largest absolute Gasteiger partial charge is 0.456 e. The zero-order valence-corrected chi connectivity index (χ0v) is 38.6. The van der Waals surface area contributed by atoms with E-state index >= 15 is 0 Å². The van der Waals surface area contributed by atoms with Gasteiger partial charge in [-0.3, -0.25) is 0 Å². The highest BCUT2D eigenvalue weighted by molar-refractivity contribution is 6.13. The van der Waals surface area contributed by atoms with Gasteiger partial charge >= 0.3 is 0 Å². The van der Waals surface area contributed by atoms with Crippen LogP contribution in [0.15, 0.2) is 271 Å². The number of nitrogens with zero attached hydrogens (tertiary/aromatic N) is 2. The Bertz CT molecular complexity index is 3870. The fourth-order valence-corrected chi connectivity index (χ4v) is 11.6. The van der Waals surface area contributed by atoms with Crippen LogP contribution >= 0.6 is 0 Å². The maximum absolute atomic E-state index is 7.31. The van der Waals surface area contributed by atoms with Gasteiger partial charge in [-0.2, -0.15) is 0 Å². The summed E-state index contributed by atoms with van der Waals surface area (Å²) >= 11 is 0. The first-order valence-electron chi connectivity index (χ1n) is 24.2. The van der Waals surface area contributed by atoms with Crippen LogP contribution < -0.4 is 14.5 Å². The number of anilines is 6. The van der Waals surface area contributed by atoms with Crippen molar-refractivity contribution in [3.05, 3.63) is 289 Å². The van der Waals surface area contributed by atoms with Crippen LogP contribution in [0.2, 0.25) is 0 Å². The SMILES string of the molecule is c1ccc(-c2c(N(c3ccccc3)c3ccc(-c4cccc5oc6cc(N(c7ccccc7)c7ccccc7)ccc6c45)cc3)ccc3c2Oc2ccccc2C32c3ccccc3-c3ccccc32)cc1. The standard InChI is InChI=1S/C67H44N2O2/c1-5-20-46(21-6-1)64-60(43-42-59-66(64)71-61-34-18-17-33-58(61)67(59)56-31-15-13-28-53(56)54-29-14-16-32-57(54)67)69(49-26-11-4-12-27-49)50-38-36-45(37-39-50)52-30-19-35-62-65(52)55-41-40-51(44-63(55)70-62)68(47-22-7-2-8-23-47)48-24-9-3-10-25-48/h1-44H. The fraction of sp³-hybridized carbons (Fsp3) is 0.0149. The van der Waals surface area contributed by atoms with Gasteiger partial charge in [0.05, 0.1) is 11.1 Å². The van der Waals surface area contributed by atoms with Gasteiger partial charge in [0.2, 0.25) is 0 Å². The van der Waals surface area contributed by atoms with Crippen LogP contribution in [0, 0.1) is 0 Å². The molecular weight excluding hydrogens is 865 g/mol. The van der Waals surface area contributed by atoms with Crippen molar-refractivity contribution < 1.29 is 9.15 Å². The predicted molar refractivity (Wildman–Crippen MR) is 291 cm³/mol. The van der Waals surface area contributed by atoms with Gasteiger partial charge in [-0.05, 0) is 118 Å². The molecule has 2 heterocycles. The van der Waals surface area contributed by atoms with Crippen LogP contribution in [-0.4, -0.2) is 0 Å². The fourth-order valence-electron chi connectivity index (χ4n) is 11.6. The van der Waals surface area contributed by atoms with E-state index < -0.39 is 5.41 Å². The number of furan rings is 1. The Labute approximate surface area is 412 Å². The molecule has 0 amide bonds. The molecule has 2 aliphatic rings. The summed E-state index contributed by atoms with van der Waals surface area (Å²) in [6, 6.07) is 95.4. The second-order valence-corrected chi connectivity index (χ2v) is 18.3. The molecule has 71 heavy (non-hydrogen) atoms. The zero-order valence-electron chi connectivity index (χ0n) is 38.6. The molecule has 1 spiro atoms. The second-order valence-electron chi connectivity index (χ2n) is 18.3. The van der Waals surface area contributed by atoms with Crippen molar-refractivity contribution in [1.82, 2.24) is 0 Å². The topological polar surface area (TPSA) is 28.9 Å². The molecule has 12 aromatic rings. The highest BCUT2D eigenvalue weighted by Gasteiger charge is 2.51. The molecule has 334 valence electrons. The van der Waals surface area contributed by atoms with Crippen molar-refractivity contribution in [3.63, 3.8) is 0 Å². The average molecular weight is 909 g/mol. The molecule has 4 nitrogen and oxygen atoms in total. The van der Waals surface area contributed by atoms with Crippen molar-refractivity contribution in [2.45, 2.75) is 5.41 Å². The number of benzene rings is 11. The summed E-state index contributed by atoms with van der Waals surface area (Å²) < 4.78 is 14.0. The normalized spacial score (nSPS) is 12.7. The highest BCUT2D eigenvalue weighted by atomic mass is 16.5. The third kappa shape index (κ3) is 6.32. The van der Waals surface area contributed by atoms with Gasteiger partial charge in [0, 0.05) is 62.0 Å². The van der Waals surface area contributed by atoms with Gasteiger partial charge in [-0.15, -0.1) is 0 Å². The molecule has 0 saturated heterocycles. The molecule has 4 heteroatoms. The van der Waals surface area contributed by atoms with Gasteiger partial charge in [-0.1, -0.05) is 182 Å². The first kappa shape index (κ1) is 40.7. The van der Waals surface area contributed by atoms with E-state index in [-0.39, 0.29) is 0 Å². The molecule has 1 aliphatic heterocycles. The Kier molecular flexibility index (Phi) is 9.39. The molecule has 0 bridgehead atoms. The van der Waals surface area contributed by atoms with Crippen LogP contribution in [-0.2, 0) is 5.41 Å². The second kappa shape index (κ2) is 16.4. The first-order valence-corrected chi connectivity index (χ1v) is 24.2. The van der Waals surface area contributed by atoms with Crippen molar-refractivity contribution in [2.24, 2.45) is 0 Å². The minimum absolute atomic E-state index is 0.596. The van der Waals surface area contributed by atoms with Gasteiger partial charge in [0.1, 0.15) is 22.7 Å². The van der Waals surface area contributed by atoms with Crippen LogP contribution in [0.3, 0.4) is 0 Å². The summed E-state index contributed by atoms with van der Waals surface area (Å²) in [5.41, 5.74) is 19.0. The lowest BCUT2D eigenvalue weighted by molar-refractivity contribution is 0.438. The molecule has 0 atom stereocenters. The van der Waals surface area contributed by atoms with Crippen molar-refractivity contribution in [1.29, 1.82) is 0 Å². The van der Waals surface area contributed by atoms with Crippen LogP contribution in [0.25, 0.3) is 55.3 Å². The Morgan fingerprint density at radius 3 is 1.49 bits per heavy atom. The lowest BCUT2D eigenvalue weighted by atomic mass is 9.65. The molecular formula is C67H44N2O2. The monoisotopic (exact) mass is 908 g/mol. The van der Waals surface area contributed by atoms with Crippen molar-refractivity contribution in [2.75, 3.05) is 9.80 Å². The van der Waals surface area contributed by atoms with E-state index in [1.165, 1.54) is 22.3 Å². The average Bonchev–Trinajstić information content (AvgIpc) is 3.97. The molecule has 14 rings (SSSR count). The van der Waals surface area contributed by atoms with Gasteiger partial charge < -0.3 is 19.0 Å². The third-order valence-electron chi connectivity index (χ3n) is 14.5. The maximum Gasteiger partial charge on any atom is 0.142 e. The Balaban J connectivity index is 0.926. The molecule has 0 radical (unpaired) electrons. The number of rotatable bonds is 8. The van der Waals surface area contributed by atoms with E-state index in [0.29, 0.717) is 0 Å². The Morgan fingerprint density at radius 1 is 0.324 bits per heavy atom. The maximum atomic E-state index is 7.31. The summed E-state index contributed by atoms with van der Waals surface area (Å²) in [6.45, 7) is 0. The van der Waals surface area contributed by atoms with Gasteiger partial charge in [-0.25, -0.2) is 0 Å². The molecule has 0 N–H and O–H groups in total. The summed E-state index contributed by atoms with van der Waals surface area (Å²) in [6.07, 6.45) is 0. The minimum Gasteiger partial charge on any atom is -0.456 e. The number of para-hydroxylation sites is 4. The van der Waals surface area contributed by atoms with E-state index in [1.54, 1.807) is 0 Å². The molecule has 11 aromatic carbocycles. The Hall–Kier alpha value is -9.38. The predicted octanol–water partition coefficient (Wildman–Crippen LogP) is 18.3. The van der Waals surface area contributed by atoms with E-state index in [1.807, 2.05) is 0 Å². The van der Waals surface area contributed by atoms with Gasteiger partial charge in [0.25, 0.3) is 0 Å². The number of ether oxygens (including phenoxy) is 1. The van der Waals surface area contributed by atoms with E-state index in [4.69, 9.17) is 9.15 Å². The third-order valence-corrected chi connectivity index (χ3v) is 14.5. The molecule has 1 aromatic heterocycles. The quantitative estimate of drug-likeness (QED) is 0.152. The summed E-state index contributed by atoms with van der Waals surface area (Å²) in [5.74, 6) is 1.71. The zero-order chi connectivity index (χ0) is 46.9. The van der Waals surface area contributed by atoms with E-state index in [9.17, 15) is 0 Å².